The number of aryl methyl sites for hydroxylation is 1. The smallest absolute Gasteiger partial charge is 0.242 e. The van der Waals surface area contributed by atoms with Gasteiger partial charge in [0, 0.05) is 10.6 Å². The molecule has 0 N–H and O–H groups in total. The highest BCUT2D eigenvalue weighted by atomic mass is 35.5. The second-order valence-electron chi connectivity index (χ2n) is 7.11. The van der Waals surface area contributed by atoms with Gasteiger partial charge in [-0.1, -0.05) is 48.0 Å². The normalized spacial score (nSPS) is 14.6. The van der Waals surface area contributed by atoms with Crippen LogP contribution in [0.25, 0.3) is 5.76 Å². The minimum atomic E-state index is -1.66. The SMILES string of the molecule is C[Si](C)(C)OC1=C(Cc2ccc(Cl)cc2)CCc2ccccc21. The van der Waals surface area contributed by atoms with E-state index in [0.717, 1.165) is 30.0 Å². The van der Waals surface area contributed by atoms with Gasteiger partial charge in [0.15, 0.2) is 0 Å². The zero-order valence-corrected chi connectivity index (χ0v) is 15.8. The van der Waals surface area contributed by atoms with Crippen molar-refractivity contribution in [3.63, 3.8) is 0 Å². The minimum Gasteiger partial charge on any atom is -0.544 e. The molecular weight excluding hydrogens is 320 g/mol. The Kier molecular flexibility index (Phi) is 4.65. The standard InChI is InChI=1S/C20H23ClOSi/c1-23(2,3)22-20-17(14-15-8-12-18(21)13-9-15)11-10-16-6-4-5-7-19(16)20/h4-9,12-13H,10-11,14H2,1-3H3. The molecule has 2 aromatic rings. The highest BCUT2D eigenvalue weighted by Gasteiger charge is 2.25. The molecular formula is C20H23ClOSi. The van der Waals surface area contributed by atoms with Crippen LogP contribution >= 0.6 is 11.6 Å². The quantitative estimate of drug-likeness (QED) is 0.611. The number of halogens is 1. The first-order chi connectivity index (χ1) is 10.9. The predicted octanol–water partition coefficient (Wildman–Crippen LogP) is 6.09. The third-order valence-corrected chi connectivity index (χ3v) is 5.09. The highest BCUT2D eigenvalue weighted by Crippen LogP contribution is 2.35. The van der Waals surface area contributed by atoms with Gasteiger partial charge < -0.3 is 4.43 Å². The van der Waals surface area contributed by atoms with Gasteiger partial charge >= 0.3 is 0 Å². The van der Waals surface area contributed by atoms with Gasteiger partial charge in [-0.25, -0.2) is 0 Å². The van der Waals surface area contributed by atoms with Crippen LogP contribution in [0.15, 0.2) is 54.1 Å². The monoisotopic (exact) mass is 342 g/mol. The van der Waals surface area contributed by atoms with Gasteiger partial charge in [-0.3, -0.25) is 0 Å². The van der Waals surface area contributed by atoms with E-state index in [4.69, 9.17) is 16.0 Å². The Morgan fingerprint density at radius 3 is 2.35 bits per heavy atom. The molecule has 0 saturated heterocycles. The Morgan fingerprint density at radius 2 is 1.65 bits per heavy atom. The van der Waals surface area contributed by atoms with Crippen molar-refractivity contribution in [3.8, 4) is 0 Å². The van der Waals surface area contributed by atoms with Crippen LogP contribution in [0.3, 0.4) is 0 Å². The Labute approximate surface area is 145 Å². The van der Waals surface area contributed by atoms with Crippen LogP contribution in [0.1, 0.15) is 23.1 Å². The Balaban J connectivity index is 2.00. The average molecular weight is 343 g/mol. The molecule has 0 amide bonds. The summed E-state index contributed by atoms with van der Waals surface area (Å²) in [7, 11) is -1.66. The van der Waals surface area contributed by atoms with Crippen LogP contribution in [-0.4, -0.2) is 8.32 Å². The zero-order valence-electron chi connectivity index (χ0n) is 14.0. The number of benzene rings is 2. The van der Waals surface area contributed by atoms with Gasteiger partial charge in [-0.15, -0.1) is 0 Å². The van der Waals surface area contributed by atoms with Gasteiger partial charge in [0.25, 0.3) is 0 Å². The lowest BCUT2D eigenvalue weighted by Crippen LogP contribution is -2.26. The van der Waals surface area contributed by atoms with Gasteiger partial charge in [-0.2, -0.15) is 0 Å². The molecule has 0 bridgehead atoms. The van der Waals surface area contributed by atoms with Crippen molar-refractivity contribution in [2.45, 2.75) is 38.9 Å². The summed E-state index contributed by atoms with van der Waals surface area (Å²) >= 11 is 6.01. The lowest BCUT2D eigenvalue weighted by molar-refractivity contribution is 0.500. The molecule has 0 aromatic heterocycles. The van der Waals surface area contributed by atoms with Gasteiger partial charge in [-0.05, 0) is 67.7 Å². The number of hydrogen-bond donors (Lipinski definition) is 0. The van der Waals surface area contributed by atoms with Crippen LogP contribution in [0, 0.1) is 0 Å². The topological polar surface area (TPSA) is 9.23 Å². The number of allylic oxidation sites excluding steroid dienone is 1. The summed E-state index contributed by atoms with van der Waals surface area (Å²) in [4.78, 5) is 0. The minimum absolute atomic E-state index is 0.787. The highest BCUT2D eigenvalue weighted by molar-refractivity contribution is 6.70. The largest absolute Gasteiger partial charge is 0.544 e. The first-order valence-electron chi connectivity index (χ1n) is 8.16. The second kappa shape index (κ2) is 6.54. The summed E-state index contributed by atoms with van der Waals surface area (Å²) in [6, 6.07) is 16.8. The summed E-state index contributed by atoms with van der Waals surface area (Å²) in [5.74, 6) is 1.13. The lowest BCUT2D eigenvalue weighted by Gasteiger charge is -2.29. The fourth-order valence-corrected chi connectivity index (χ4v) is 3.99. The van der Waals surface area contributed by atoms with Crippen molar-refractivity contribution < 1.29 is 4.43 Å². The molecule has 0 radical (unpaired) electrons. The number of hydrogen-bond acceptors (Lipinski definition) is 1. The summed E-state index contributed by atoms with van der Waals surface area (Å²) in [5.41, 5.74) is 5.39. The zero-order chi connectivity index (χ0) is 16.4. The van der Waals surface area contributed by atoms with Gasteiger partial charge in [0.05, 0.1) is 0 Å². The van der Waals surface area contributed by atoms with Crippen LogP contribution in [0.2, 0.25) is 24.7 Å². The Morgan fingerprint density at radius 1 is 0.957 bits per heavy atom. The molecule has 0 spiro atoms. The molecule has 23 heavy (non-hydrogen) atoms. The van der Waals surface area contributed by atoms with Crippen molar-refractivity contribution in [1.82, 2.24) is 0 Å². The van der Waals surface area contributed by atoms with Crippen molar-refractivity contribution in [1.29, 1.82) is 0 Å². The van der Waals surface area contributed by atoms with E-state index < -0.39 is 8.32 Å². The first kappa shape index (κ1) is 16.3. The van der Waals surface area contributed by atoms with E-state index in [-0.39, 0.29) is 0 Å². The van der Waals surface area contributed by atoms with Crippen molar-refractivity contribution >= 4 is 25.7 Å². The molecule has 1 nitrogen and oxygen atoms in total. The second-order valence-corrected chi connectivity index (χ2v) is 12.0. The average Bonchev–Trinajstić information content (AvgIpc) is 2.50. The molecule has 0 saturated carbocycles. The molecule has 0 atom stereocenters. The lowest BCUT2D eigenvalue weighted by atomic mass is 9.88. The van der Waals surface area contributed by atoms with E-state index in [9.17, 15) is 0 Å². The molecule has 0 unspecified atom stereocenters. The molecule has 2 aromatic carbocycles. The summed E-state index contributed by atoms with van der Waals surface area (Å²) in [5, 5.41) is 0.787. The third-order valence-electron chi connectivity index (χ3n) is 4.02. The fraction of sp³-hybridized carbons (Fsp3) is 0.300. The third kappa shape index (κ3) is 4.07. The van der Waals surface area contributed by atoms with E-state index in [1.54, 1.807) is 0 Å². The van der Waals surface area contributed by atoms with Crippen molar-refractivity contribution in [2.24, 2.45) is 0 Å². The Hall–Kier alpha value is -1.51. The van der Waals surface area contributed by atoms with Crippen LogP contribution in [0.5, 0.6) is 0 Å². The van der Waals surface area contributed by atoms with E-state index in [0.29, 0.717) is 0 Å². The van der Waals surface area contributed by atoms with E-state index in [2.05, 4.69) is 56.0 Å². The van der Waals surface area contributed by atoms with Crippen LogP contribution < -0.4 is 0 Å². The predicted molar refractivity (Wildman–Crippen MR) is 101 cm³/mol. The molecule has 0 heterocycles. The first-order valence-corrected chi connectivity index (χ1v) is 11.9. The number of fused-ring (bicyclic) bond motifs is 1. The molecule has 3 rings (SSSR count). The maximum atomic E-state index is 6.51. The van der Waals surface area contributed by atoms with Crippen LogP contribution in [0.4, 0.5) is 0 Å². The molecule has 0 aliphatic heterocycles. The van der Waals surface area contributed by atoms with Gasteiger partial charge in [0.1, 0.15) is 5.76 Å². The summed E-state index contributed by atoms with van der Waals surface area (Å²) < 4.78 is 6.51. The Bertz CT molecular complexity index is 726. The maximum absolute atomic E-state index is 6.51. The van der Waals surface area contributed by atoms with Crippen LogP contribution in [-0.2, 0) is 17.3 Å². The van der Waals surface area contributed by atoms with Crippen molar-refractivity contribution in [3.05, 3.63) is 75.8 Å². The maximum Gasteiger partial charge on any atom is 0.242 e. The molecule has 120 valence electrons. The van der Waals surface area contributed by atoms with E-state index >= 15 is 0 Å². The number of rotatable bonds is 4. The summed E-state index contributed by atoms with van der Waals surface area (Å²) in [6.07, 6.45) is 3.10. The van der Waals surface area contributed by atoms with E-state index in [1.165, 1.54) is 22.3 Å². The fourth-order valence-electron chi connectivity index (χ4n) is 3.00. The molecule has 3 heteroatoms. The molecule has 1 aliphatic carbocycles. The van der Waals surface area contributed by atoms with E-state index in [1.807, 2.05) is 12.1 Å². The molecule has 0 fully saturated rings. The summed E-state index contributed by atoms with van der Waals surface area (Å²) in [6.45, 7) is 6.74. The van der Waals surface area contributed by atoms with Crippen molar-refractivity contribution in [2.75, 3.05) is 0 Å². The molecule has 1 aliphatic rings. The van der Waals surface area contributed by atoms with Gasteiger partial charge in [0.2, 0.25) is 8.32 Å².